The number of hydrogen-bond donors (Lipinski definition) is 1. The third kappa shape index (κ3) is 1.91. The largest absolute Gasteiger partial charge is 0.497 e. The van der Waals surface area contributed by atoms with Gasteiger partial charge in [0.15, 0.2) is 5.78 Å². The Kier molecular flexibility index (Phi) is 3.46. The summed E-state index contributed by atoms with van der Waals surface area (Å²) in [4.78, 5) is 29.1. The number of carbonyl (C=O) groups is 2. The van der Waals surface area contributed by atoms with E-state index in [1.807, 2.05) is 0 Å². The number of ketones is 1. The van der Waals surface area contributed by atoms with Gasteiger partial charge < -0.3 is 14.6 Å². The topological polar surface area (TPSA) is 76.1 Å². The molecule has 6 atom stereocenters. The number of methoxy groups -OCH3 is 1. The summed E-state index contributed by atoms with van der Waals surface area (Å²) in [5, 5.41) is 11.3. The predicted molar refractivity (Wildman–Crippen MR) is 104 cm³/mol. The van der Waals surface area contributed by atoms with Gasteiger partial charge in [-0.2, -0.15) is 0 Å². The number of esters is 1. The fourth-order valence-corrected chi connectivity index (χ4v) is 7.59. The minimum absolute atomic E-state index is 0.112. The maximum Gasteiger partial charge on any atom is 0.338 e. The summed E-state index contributed by atoms with van der Waals surface area (Å²) in [6.45, 7) is 6.82. The molecule has 1 unspecified atom stereocenters. The van der Waals surface area contributed by atoms with Gasteiger partial charge >= 0.3 is 5.97 Å². The molecular formula is C23H27NO5. The quantitative estimate of drug-likeness (QED) is 0.680. The average Bonchev–Trinajstić information content (AvgIpc) is 3.27. The highest BCUT2D eigenvalue weighted by Crippen LogP contribution is 2.65. The van der Waals surface area contributed by atoms with Crippen LogP contribution in [0, 0.1) is 23.2 Å². The third-order valence-electron chi connectivity index (χ3n) is 8.64. The van der Waals surface area contributed by atoms with E-state index < -0.39 is 12.1 Å². The lowest BCUT2D eigenvalue weighted by atomic mass is 9.63. The van der Waals surface area contributed by atoms with E-state index in [2.05, 4.69) is 18.7 Å². The Hall–Kier alpha value is -1.92. The van der Waals surface area contributed by atoms with Crippen LogP contribution < -0.4 is 0 Å². The molecule has 0 amide bonds. The Morgan fingerprint density at radius 1 is 1.28 bits per heavy atom. The Bertz CT molecular complexity index is 958. The molecule has 0 saturated carbocycles. The van der Waals surface area contributed by atoms with Crippen molar-refractivity contribution >= 4 is 11.8 Å². The van der Waals surface area contributed by atoms with Crippen molar-refractivity contribution in [1.82, 2.24) is 4.90 Å². The molecular weight excluding hydrogens is 370 g/mol. The monoisotopic (exact) mass is 397 g/mol. The second-order valence-electron chi connectivity index (χ2n) is 9.77. The Labute approximate surface area is 170 Å². The van der Waals surface area contributed by atoms with Crippen molar-refractivity contribution in [3.8, 4) is 0 Å². The lowest BCUT2D eigenvalue weighted by Crippen LogP contribution is -2.45. The number of aliphatic hydroxyl groups excluding tert-OH is 1. The van der Waals surface area contributed by atoms with Gasteiger partial charge in [0.1, 0.15) is 11.9 Å². The average molecular weight is 397 g/mol. The van der Waals surface area contributed by atoms with Gasteiger partial charge in [0, 0.05) is 54.5 Å². The second kappa shape index (κ2) is 5.61. The first-order chi connectivity index (χ1) is 13.9. The van der Waals surface area contributed by atoms with E-state index in [4.69, 9.17) is 9.47 Å². The summed E-state index contributed by atoms with van der Waals surface area (Å²) in [7, 11) is 1.36. The minimum atomic E-state index is -1.09. The van der Waals surface area contributed by atoms with Crippen LogP contribution >= 0.6 is 0 Å². The standard InChI is InChI=1S/C23H27NO5/c1-10-8-24-9-11-4-5-13-15-12(6-7-29-13)16(22(27)28-3)17-18(15)23(11,2)21(24)14(10)19(25)20(17)26/h10-11,14,19,21,25H,4-9H2,1-3H3/t10-,11+,14+,19?,21+,23-/m0/s1. The van der Waals surface area contributed by atoms with Crippen LogP contribution in [0.5, 0.6) is 0 Å². The van der Waals surface area contributed by atoms with Crippen LogP contribution in [0.1, 0.15) is 33.1 Å². The molecule has 6 heteroatoms. The lowest BCUT2D eigenvalue weighted by molar-refractivity contribution is -0.136. The summed E-state index contributed by atoms with van der Waals surface area (Å²) in [6, 6.07) is 0.112. The van der Waals surface area contributed by atoms with Crippen molar-refractivity contribution in [1.29, 1.82) is 0 Å². The first-order valence-electron chi connectivity index (χ1n) is 10.8. The number of rotatable bonds is 1. The van der Waals surface area contributed by atoms with Crippen LogP contribution in [-0.2, 0) is 19.1 Å². The highest BCUT2D eigenvalue weighted by molar-refractivity contribution is 6.16. The molecule has 29 heavy (non-hydrogen) atoms. The van der Waals surface area contributed by atoms with E-state index in [0.29, 0.717) is 30.1 Å². The molecule has 3 aliphatic carbocycles. The van der Waals surface area contributed by atoms with Crippen molar-refractivity contribution in [2.45, 2.75) is 45.3 Å². The van der Waals surface area contributed by atoms with Crippen LogP contribution in [0.4, 0.5) is 0 Å². The maximum absolute atomic E-state index is 13.7. The number of aliphatic hydroxyl groups is 1. The van der Waals surface area contributed by atoms with Gasteiger partial charge in [0.2, 0.25) is 0 Å². The Morgan fingerprint density at radius 3 is 2.83 bits per heavy atom. The Balaban J connectivity index is 1.71. The van der Waals surface area contributed by atoms with Gasteiger partial charge in [0.05, 0.1) is 19.3 Å². The molecule has 0 radical (unpaired) electrons. The van der Waals surface area contributed by atoms with Gasteiger partial charge in [-0.05, 0) is 29.4 Å². The number of hydrogen-bond acceptors (Lipinski definition) is 6. The van der Waals surface area contributed by atoms with Gasteiger partial charge in [0.25, 0.3) is 0 Å². The van der Waals surface area contributed by atoms with E-state index in [9.17, 15) is 14.7 Å². The molecule has 3 heterocycles. The summed E-state index contributed by atoms with van der Waals surface area (Å²) < 4.78 is 11.2. The number of carbonyl (C=O) groups excluding carboxylic acids is 2. The molecule has 154 valence electrons. The molecule has 6 aliphatic rings. The molecule has 0 aromatic heterocycles. The fraction of sp³-hybridized carbons (Fsp3) is 0.652. The molecule has 0 bridgehead atoms. The predicted octanol–water partition coefficient (Wildman–Crippen LogP) is 1.75. The third-order valence-corrected chi connectivity index (χ3v) is 8.64. The molecule has 3 aliphatic heterocycles. The van der Waals surface area contributed by atoms with Gasteiger partial charge in [-0.25, -0.2) is 4.79 Å². The molecule has 0 aromatic rings. The molecule has 6 rings (SSSR count). The van der Waals surface area contributed by atoms with E-state index >= 15 is 0 Å². The van der Waals surface area contributed by atoms with Crippen molar-refractivity contribution in [2.24, 2.45) is 23.2 Å². The van der Waals surface area contributed by atoms with E-state index in [0.717, 1.165) is 48.4 Å². The van der Waals surface area contributed by atoms with Crippen molar-refractivity contribution in [2.75, 3.05) is 26.8 Å². The maximum atomic E-state index is 13.7. The van der Waals surface area contributed by atoms with Crippen molar-refractivity contribution in [3.05, 3.63) is 33.6 Å². The van der Waals surface area contributed by atoms with Crippen LogP contribution in [0.3, 0.4) is 0 Å². The highest BCUT2D eigenvalue weighted by Gasteiger charge is 2.66. The SMILES string of the molecule is COC(=O)C1=C2CCOC3=C2C2=C1C(=O)C(O)[C@H]1[C@@H](C)CN4C[C@@H](CC3)[C@]2(C)[C@@H]14. The molecule has 0 spiro atoms. The van der Waals surface area contributed by atoms with Gasteiger partial charge in [-0.1, -0.05) is 13.8 Å². The normalized spacial score (nSPS) is 42.8. The lowest BCUT2D eigenvalue weighted by Gasteiger charge is -2.40. The van der Waals surface area contributed by atoms with Crippen LogP contribution in [0.25, 0.3) is 0 Å². The number of nitrogens with zero attached hydrogens (tertiary/aromatic N) is 1. The fourth-order valence-electron chi connectivity index (χ4n) is 7.59. The molecule has 2 fully saturated rings. The number of Topliss-reactive ketones (excluding diaryl/α,β-unsaturated/α-hetero) is 1. The first kappa shape index (κ1) is 17.9. The zero-order chi connectivity index (χ0) is 20.2. The zero-order valence-electron chi connectivity index (χ0n) is 17.2. The first-order valence-corrected chi connectivity index (χ1v) is 10.8. The second-order valence-corrected chi connectivity index (χ2v) is 9.77. The van der Waals surface area contributed by atoms with E-state index in [1.165, 1.54) is 7.11 Å². The van der Waals surface area contributed by atoms with Crippen LogP contribution in [0.15, 0.2) is 33.6 Å². The zero-order valence-corrected chi connectivity index (χ0v) is 17.2. The molecule has 2 saturated heterocycles. The summed E-state index contributed by atoms with van der Waals surface area (Å²) in [5.41, 5.74) is 3.38. The van der Waals surface area contributed by atoms with E-state index in [-0.39, 0.29) is 29.1 Å². The molecule has 6 nitrogen and oxygen atoms in total. The number of ether oxygens (including phenoxy) is 2. The van der Waals surface area contributed by atoms with Crippen LogP contribution in [0.2, 0.25) is 0 Å². The van der Waals surface area contributed by atoms with E-state index in [1.54, 1.807) is 0 Å². The van der Waals surface area contributed by atoms with Gasteiger partial charge in [-0.3, -0.25) is 9.69 Å². The van der Waals surface area contributed by atoms with Crippen LogP contribution in [-0.4, -0.2) is 60.7 Å². The highest BCUT2D eigenvalue weighted by atomic mass is 16.5. The summed E-state index contributed by atoms with van der Waals surface area (Å²) >= 11 is 0. The Morgan fingerprint density at radius 2 is 2.07 bits per heavy atom. The van der Waals surface area contributed by atoms with Crippen molar-refractivity contribution < 1.29 is 24.2 Å². The summed E-state index contributed by atoms with van der Waals surface area (Å²) in [5.74, 6) is 0.645. The molecule has 0 aromatic carbocycles. The number of allylic oxidation sites excluding steroid dienone is 2. The molecule has 1 N–H and O–H groups in total. The van der Waals surface area contributed by atoms with Crippen molar-refractivity contribution in [3.63, 3.8) is 0 Å². The van der Waals surface area contributed by atoms with Gasteiger partial charge in [-0.15, -0.1) is 0 Å². The smallest absolute Gasteiger partial charge is 0.338 e. The summed E-state index contributed by atoms with van der Waals surface area (Å²) in [6.07, 6.45) is 1.34. The minimum Gasteiger partial charge on any atom is -0.497 e.